The number of nitrogens with one attached hydrogen (secondary N) is 2. The molecule has 3 aliphatic heterocycles. The maximum Gasteiger partial charge on any atom is 0.239 e. The van der Waals surface area contributed by atoms with Crippen LogP contribution in [-0.2, 0) is 4.79 Å². The van der Waals surface area contributed by atoms with Crippen molar-refractivity contribution in [3.63, 3.8) is 0 Å². The molecule has 3 aliphatic rings. The zero-order valence-corrected chi connectivity index (χ0v) is 19.0. The number of carbonyl (C=O) groups excluding carboxylic acids is 1. The minimum Gasteiger partial charge on any atom is -0.495 e. The number of hydrogen-bond donors (Lipinski definition) is 2. The van der Waals surface area contributed by atoms with Crippen LogP contribution in [0.4, 0.5) is 5.69 Å². The number of rotatable bonds is 4. The molecule has 4 heterocycles. The van der Waals surface area contributed by atoms with Gasteiger partial charge in [0, 0.05) is 18.0 Å². The van der Waals surface area contributed by atoms with Gasteiger partial charge in [0.1, 0.15) is 17.5 Å². The van der Waals surface area contributed by atoms with Gasteiger partial charge < -0.3 is 15.4 Å². The van der Waals surface area contributed by atoms with E-state index in [2.05, 4.69) is 27.8 Å². The summed E-state index contributed by atoms with van der Waals surface area (Å²) in [5.74, 6) is 0.672. The number of ether oxygens (including phenoxy) is 1. The van der Waals surface area contributed by atoms with Gasteiger partial charge in [-0.05, 0) is 67.3 Å². The van der Waals surface area contributed by atoms with Crippen molar-refractivity contribution in [2.75, 3.05) is 20.2 Å². The van der Waals surface area contributed by atoms with E-state index >= 15 is 0 Å². The molecule has 8 heteroatoms. The Hall–Kier alpha value is -3.29. The molecule has 0 saturated carbocycles. The van der Waals surface area contributed by atoms with Gasteiger partial charge in [-0.1, -0.05) is 23.7 Å². The number of dihydropyridines is 1. The predicted molar refractivity (Wildman–Crippen MR) is 129 cm³/mol. The summed E-state index contributed by atoms with van der Waals surface area (Å²) in [6.07, 6.45) is 8.95. The van der Waals surface area contributed by atoms with Gasteiger partial charge in [0.25, 0.3) is 0 Å². The Balaban J connectivity index is 1.54. The summed E-state index contributed by atoms with van der Waals surface area (Å²) in [7, 11) is 1.58. The Morgan fingerprint density at radius 3 is 2.70 bits per heavy atom. The van der Waals surface area contributed by atoms with Crippen LogP contribution in [0.3, 0.4) is 0 Å². The largest absolute Gasteiger partial charge is 0.495 e. The van der Waals surface area contributed by atoms with E-state index in [4.69, 9.17) is 26.3 Å². The van der Waals surface area contributed by atoms with Gasteiger partial charge >= 0.3 is 0 Å². The summed E-state index contributed by atoms with van der Waals surface area (Å²) >= 11 is 6.72. The molecule has 33 heavy (non-hydrogen) atoms. The highest BCUT2D eigenvalue weighted by Gasteiger charge is 2.36. The quantitative estimate of drug-likeness (QED) is 0.724. The number of aromatic nitrogens is 1. The number of fused-ring (bicyclic) bond motifs is 1. The number of aliphatic imine (C=N–C) groups is 2. The van der Waals surface area contributed by atoms with Crippen LogP contribution >= 0.6 is 11.6 Å². The first-order valence-corrected chi connectivity index (χ1v) is 11.4. The van der Waals surface area contributed by atoms with Crippen molar-refractivity contribution in [3.05, 3.63) is 76.7 Å². The van der Waals surface area contributed by atoms with Gasteiger partial charge in [0.2, 0.25) is 5.91 Å². The molecule has 0 aliphatic carbocycles. The molecule has 1 aromatic heterocycles. The number of carbonyl (C=O) groups is 1. The monoisotopic (exact) mass is 461 g/mol. The third-order valence-electron chi connectivity index (χ3n) is 6.18. The molecule has 1 fully saturated rings. The number of piperidine rings is 1. The predicted octanol–water partition coefficient (Wildman–Crippen LogP) is 3.84. The number of allylic oxidation sites excluding steroid dienone is 2. The maximum absolute atomic E-state index is 12.7. The molecule has 0 spiro atoms. The lowest BCUT2D eigenvalue weighted by molar-refractivity contribution is -0.121. The molecule has 1 atom stereocenters. The van der Waals surface area contributed by atoms with Crippen molar-refractivity contribution in [1.82, 2.24) is 15.6 Å². The molecule has 5 rings (SSSR count). The molecular formula is C25H24ClN5O2. The van der Waals surface area contributed by atoms with E-state index in [1.807, 2.05) is 18.2 Å². The van der Waals surface area contributed by atoms with Crippen molar-refractivity contribution >= 4 is 34.7 Å². The van der Waals surface area contributed by atoms with Gasteiger partial charge in [0.15, 0.2) is 0 Å². The van der Waals surface area contributed by atoms with Crippen LogP contribution in [0, 0.1) is 5.92 Å². The van der Waals surface area contributed by atoms with E-state index in [0.29, 0.717) is 39.4 Å². The number of halogens is 1. The van der Waals surface area contributed by atoms with Crippen LogP contribution in [0.1, 0.15) is 29.9 Å². The molecule has 7 nitrogen and oxygen atoms in total. The third kappa shape index (κ3) is 4.34. The van der Waals surface area contributed by atoms with Crippen molar-refractivity contribution in [1.29, 1.82) is 0 Å². The highest BCUT2D eigenvalue weighted by atomic mass is 35.5. The molecule has 0 radical (unpaired) electrons. The van der Waals surface area contributed by atoms with Gasteiger partial charge in [-0.2, -0.15) is 0 Å². The Morgan fingerprint density at radius 2 is 1.94 bits per heavy atom. The van der Waals surface area contributed by atoms with Gasteiger partial charge in [-0.25, -0.2) is 9.98 Å². The molecule has 1 aromatic carbocycles. The molecule has 2 N–H and O–H groups in total. The number of methoxy groups -OCH3 is 1. The number of hydrogen-bond acceptors (Lipinski definition) is 5. The minimum absolute atomic E-state index is 0.206. The second-order valence-electron chi connectivity index (χ2n) is 8.20. The molecule has 1 amide bonds. The van der Waals surface area contributed by atoms with E-state index in [-0.39, 0.29) is 5.91 Å². The van der Waals surface area contributed by atoms with E-state index in [9.17, 15) is 4.79 Å². The summed E-state index contributed by atoms with van der Waals surface area (Å²) < 4.78 is 5.30. The zero-order valence-electron chi connectivity index (χ0n) is 18.2. The molecule has 1 saturated heterocycles. The van der Waals surface area contributed by atoms with E-state index < -0.39 is 5.92 Å². The first kappa shape index (κ1) is 21.6. The normalized spacial score (nSPS) is 22.1. The number of amides is 1. The lowest BCUT2D eigenvalue weighted by atomic mass is 9.89. The molecule has 0 bridgehead atoms. The van der Waals surface area contributed by atoms with Crippen molar-refractivity contribution in [3.8, 4) is 5.75 Å². The Labute approximate surface area is 197 Å². The van der Waals surface area contributed by atoms with Crippen molar-refractivity contribution in [2.45, 2.75) is 18.8 Å². The van der Waals surface area contributed by atoms with E-state index in [1.165, 1.54) is 5.56 Å². The molecule has 2 aromatic rings. The standard InChI is InChI=1S/C25H24ClN5O2/c1-33-19-12-17(13-28-14-19)23-22(26)20-8-11-29-25(32)21(20)24(31-23)30-18-4-2-15(3-5-18)16-6-9-27-10-7-16/h2-5,8,11-14,16,21,27H,6-7,9-10H2,1H3,(H,29,32). The number of amidine groups is 1. The number of nitrogens with zero attached hydrogens (tertiary/aromatic N) is 3. The Kier molecular flexibility index (Phi) is 6.07. The fourth-order valence-electron chi connectivity index (χ4n) is 4.40. The van der Waals surface area contributed by atoms with Gasteiger partial charge in [-0.15, -0.1) is 0 Å². The van der Waals surface area contributed by atoms with Crippen LogP contribution < -0.4 is 15.4 Å². The van der Waals surface area contributed by atoms with Crippen LogP contribution in [0.15, 0.2) is 75.6 Å². The van der Waals surface area contributed by atoms with Crippen LogP contribution in [0.25, 0.3) is 0 Å². The smallest absolute Gasteiger partial charge is 0.239 e. The fourth-order valence-corrected chi connectivity index (χ4v) is 4.73. The second-order valence-corrected chi connectivity index (χ2v) is 8.58. The van der Waals surface area contributed by atoms with Gasteiger partial charge in [0.05, 0.1) is 29.7 Å². The molecular weight excluding hydrogens is 438 g/mol. The van der Waals surface area contributed by atoms with E-state index in [0.717, 1.165) is 31.6 Å². The third-order valence-corrected chi connectivity index (χ3v) is 6.57. The summed E-state index contributed by atoms with van der Waals surface area (Å²) in [4.78, 5) is 26.5. The van der Waals surface area contributed by atoms with Crippen LogP contribution in [0.2, 0.25) is 0 Å². The first-order chi connectivity index (χ1) is 16.1. The minimum atomic E-state index is -0.672. The summed E-state index contributed by atoms with van der Waals surface area (Å²) in [5.41, 5.74) is 3.93. The number of benzene rings is 1. The first-order valence-electron chi connectivity index (χ1n) is 11.0. The van der Waals surface area contributed by atoms with E-state index in [1.54, 1.807) is 31.8 Å². The molecule has 1 unspecified atom stereocenters. The Morgan fingerprint density at radius 1 is 1.15 bits per heavy atom. The topological polar surface area (TPSA) is 88.0 Å². The SMILES string of the molecule is COc1cncc(C2=NC(=Nc3ccc(C4CCNCC4)cc3)C3C(=O)NC=CC3=C2Cl)c1. The average Bonchev–Trinajstić information content (AvgIpc) is 2.87. The van der Waals surface area contributed by atoms with Crippen molar-refractivity contribution in [2.24, 2.45) is 15.9 Å². The lowest BCUT2D eigenvalue weighted by Gasteiger charge is -2.26. The second kappa shape index (κ2) is 9.29. The Bertz CT molecular complexity index is 1190. The zero-order chi connectivity index (χ0) is 22.8. The van der Waals surface area contributed by atoms with Crippen LogP contribution in [0.5, 0.6) is 5.75 Å². The van der Waals surface area contributed by atoms with Gasteiger partial charge in [-0.3, -0.25) is 9.78 Å². The lowest BCUT2D eigenvalue weighted by Crippen LogP contribution is -2.39. The van der Waals surface area contributed by atoms with Crippen LogP contribution in [-0.4, -0.2) is 42.6 Å². The highest BCUT2D eigenvalue weighted by Crippen LogP contribution is 2.34. The van der Waals surface area contributed by atoms with Crippen molar-refractivity contribution < 1.29 is 9.53 Å². The summed E-state index contributed by atoms with van der Waals surface area (Å²) in [6.45, 7) is 2.09. The summed E-state index contributed by atoms with van der Waals surface area (Å²) in [6, 6.07) is 10.0. The average molecular weight is 462 g/mol. The maximum atomic E-state index is 12.7. The number of pyridine rings is 1. The highest BCUT2D eigenvalue weighted by molar-refractivity contribution is 6.49. The molecule has 168 valence electrons. The fraction of sp³-hybridized carbons (Fsp3) is 0.280. The summed E-state index contributed by atoms with van der Waals surface area (Å²) in [5, 5.41) is 6.55.